The third-order valence-corrected chi connectivity index (χ3v) is 5.35. The molecular weight excluding hydrogens is 358 g/mol. The molecule has 0 aliphatic rings. The van der Waals surface area contributed by atoms with Crippen molar-refractivity contribution in [2.24, 2.45) is 5.73 Å². The minimum atomic E-state index is -0.560. The molecule has 27 heavy (non-hydrogen) atoms. The van der Waals surface area contributed by atoms with Gasteiger partial charge in [0.25, 0.3) is 5.56 Å². The van der Waals surface area contributed by atoms with Crippen LogP contribution in [0, 0.1) is 0 Å². The Morgan fingerprint density at radius 2 is 1.78 bits per heavy atom. The summed E-state index contributed by atoms with van der Waals surface area (Å²) in [4.78, 5) is 29.9. The van der Waals surface area contributed by atoms with Crippen LogP contribution in [-0.2, 0) is 22.5 Å². The third-order valence-electron chi connectivity index (χ3n) is 4.34. The van der Waals surface area contributed by atoms with Crippen LogP contribution in [0.25, 0.3) is 10.9 Å². The zero-order valence-corrected chi connectivity index (χ0v) is 16.5. The van der Waals surface area contributed by atoms with Gasteiger partial charge in [-0.05, 0) is 35.2 Å². The highest BCUT2D eigenvalue weighted by Crippen LogP contribution is 2.27. The molecule has 3 rings (SSSR count). The predicted molar refractivity (Wildman–Crippen MR) is 110 cm³/mol. The van der Waals surface area contributed by atoms with E-state index in [2.05, 4.69) is 50.0 Å². The fourth-order valence-corrected chi connectivity index (χ4v) is 3.69. The maximum absolute atomic E-state index is 12.8. The molecule has 1 amide bonds. The number of hydrogen-bond donors (Lipinski definition) is 1. The van der Waals surface area contributed by atoms with E-state index in [0.29, 0.717) is 22.5 Å². The van der Waals surface area contributed by atoms with Gasteiger partial charge >= 0.3 is 0 Å². The highest BCUT2D eigenvalue weighted by molar-refractivity contribution is 7.98. The molecule has 0 spiro atoms. The van der Waals surface area contributed by atoms with Crippen LogP contribution < -0.4 is 11.3 Å². The summed E-state index contributed by atoms with van der Waals surface area (Å²) in [7, 11) is 0. The van der Waals surface area contributed by atoms with Gasteiger partial charge in [0.15, 0.2) is 0 Å². The quantitative estimate of drug-likeness (QED) is 0.687. The number of hydrogen-bond acceptors (Lipinski definition) is 4. The smallest absolute Gasteiger partial charge is 0.261 e. The van der Waals surface area contributed by atoms with Crippen molar-refractivity contribution in [2.45, 2.75) is 43.4 Å². The highest BCUT2D eigenvalue weighted by atomic mass is 32.2. The van der Waals surface area contributed by atoms with Gasteiger partial charge in [-0.1, -0.05) is 45.0 Å². The molecule has 0 saturated heterocycles. The maximum atomic E-state index is 12.8. The Bertz CT molecular complexity index is 1030. The lowest BCUT2D eigenvalue weighted by molar-refractivity contribution is -0.118. The monoisotopic (exact) mass is 381 g/mol. The van der Waals surface area contributed by atoms with Crippen LogP contribution in [0.2, 0.25) is 0 Å². The summed E-state index contributed by atoms with van der Waals surface area (Å²) in [6.07, 6.45) is 0. The van der Waals surface area contributed by atoms with Crippen LogP contribution in [0.5, 0.6) is 0 Å². The summed E-state index contributed by atoms with van der Waals surface area (Å²) in [5.41, 5.74) is 7.09. The second-order valence-corrected chi connectivity index (χ2v) is 8.51. The number of carbonyl (C=O) groups excluding carboxylic acids is 1. The van der Waals surface area contributed by atoms with Crippen molar-refractivity contribution in [3.8, 4) is 0 Å². The molecule has 0 aliphatic heterocycles. The number of fused-ring (bicyclic) bond motifs is 1. The zero-order valence-electron chi connectivity index (χ0n) is 15.7. The molecule has 3 aromatic rings. The van der Waals surface area contributed by atoms with Gasteiger partial charge < -0.3 is 5.73 Å². The molecule has 0 bridgehead atoms. The van der Waals surface area contributed by atoms with Crippen molar-refractivity contribution in [1.29, 1.82) is 0 Å². The van der Waals surface area contributed by atoms with Gasteiger partial charge in [0, 0.05) is 4.90 Å². The van der Waals surface area contributed by atoms with Crippen LogP contribution in [0.4, 0.5) is 0 Å². The zero-order chi connectivity index (χ0) is 19.6. The number of nitrogens with zero attached hydrogens (tertiary/aromatic N) is 2. The van der Waals surface area contributed by atoms with Crippen molar-refractivity contribution in [3.05, 3.63) is 70.3 Å². The molecule has 0 aliphatic carbocycles. The third kappa shape index (κ3) is 4.39. The molecule has 6 heteroatoms. The molecule has 5 nitrogen and oxygen atoms in total. The summed E-state index contributed by atoms with van der Waals surface area (Å²) < 4.78 is 1.38. The Labute approximate surface area is 162 Å². The topological polar surface area (TPSA) is 78.0 Å². The van der Waals surface area contributed by atoms with Gasteiger partial charge in [-0.2, -0.15) is 0 Å². The number of primary amides is 1. The molecule has 1 heterocycles. The summed E-state index contributed by atoms with van der Waals surface area (Å²) in [6.45, 7) is 6.36. The lowest BCUT2D eigenvalue weighted by Gasteiger charge is -2.19. The van der Waals surface area contributed by atoms with Crippen LogP contribution >= 0.6 is 11.8 Å². The van der Waals surface area contributed by atoms with Crippen molar-refractivity contribution in [3.63, 3.8) is 0 Å². The van der Waals surface area contributed by atoms with E-state index in [9.17, 15) is 9.59 Å². The fourth-order valence-electron chi connectivity index (χ4n) is 2.84. The van der Waals surface area contributed by atoms with Crippen LogP contribution in [-0.4, -0.2) is 15.5 Å². The van der Waals surface area contributed by atoms with Crippen molar-refractivity contribution in [1.82, 2.24) is 9.55 Å². The Balaban J connectivity index is 1.91. The standard InChI is InChI=1S/C21H23N3O2S/c1-21(2,3)14-8-10-15(11-9-14)27-13-19-23-17-7-5-4-6-16(17)20(26)24(19)12-18(22)25/h4-11H,12-13H2,1-3H3,(H2,22,25). The number of carbonyl (C=O) groups is 1. The first-order chi connectivity index (χ1) is 12.8. The lowest BCUT2D eigenvalue weighted by Crippen LogP contribution is -2.31. The number of nitrogens with two attached hydrogens (primary N) is 1. The van der Waals surface area contributed by atoms with E-state index in [-0.39, 0.29) is 17.5 Å². The number of rotatable bonds is 5. The molecular formula is C21H23N3O2S. The number of thioether (sulfide) groups is 1. The van der Waals surface area contributed by atoms with E-state index in [1.54, 1.807) is 30.0 Å². The largest absolute Gasteiger partial charge is 0.368 e. The predicted octanol–water partition coefficient (Wildman–Crippen LogP) is 3.47. The molecule has 0 atom stereocenters. The van der Waals surface area contributed by atoms with E-state index in [0.717, 1.165) is 4.90 Å². The van der Waals surface area contributed by atoms with Crippen molar-refractivity contribution < 1.29 is 4.79 Å². The van der Waals surface area contributed by atoms with Gasteiger partial charge in [0.2, 0.25) is 5.91 Å². The maximum Gasteiger partial charge on any atom is 0.261 e. The molecule has 0 saturated carbocycles. The average Bonchev–Trinajstić information content (AvgIpc) is 2.62. The molecule has 0 radical (unpaired) electrons. The first kappa shape index (κ1) is 19.2. The fraction of sp³-hybridized carbons (Fsp3) is 0.286. The Hall–Kier alpha value is -2.60. The van der Waals surface area contributed by atoms with E-state index < -0.39 is 5.91 Å². The second-order valence-electron chi connectivity index (χ2n) is 7.47. The summed E-state index contributed by atoms with van der Waals surface area (Å²) in [5.74, 6) is 0.458. The normalized spacial score (nSPS) is 11.7. The lowest BCUT2D eigenvalue weighted by atomic mass is 9.87. The Morgan fingerprint density at radius 3 is 2.41 bits per heavy atom. The van der Waals surface area contributed by atoms with Gasteiger partial charge in [-0.3, -0.25) is 14.2 Å². The van der Waals surface area contributed by atoms with Crippen LogP contribution in [0.15, 0.2) is 58.2 Å². The molecule has 2 N–H and O–H groups in total. The molecule has 2 aromatic carbocycles. The summed E-state index contributed by atoms with van der Waals surface area (Å²) in [5, 5.41) is 0.488. The summed E-state index contributed by atoms with van der Waals surface area (Å²) >= 11 is 1.58. The Morgan fingerprint density at radius 1 is 1.11 bits per heavy atom. The van der Waals surface area contributed by atoms with E-state index in [4.69, 9.17) is 5.73 Å². The summed E-state index contributed by atoms with van der Waals surface area (Å²) in [6, 6.07) is 15.5. The average molecular weight is 382 g/mol. The Kier molecular flexibility index (Phi) is 5.37. The SMILES string of the molecule is CC(C)(C)c1ccc(SCc2nc3ccccc3c(=O)n2CC(N)=O)cc1. The molecule has 0 unspecified atom stereocenters. The van der Waals surface area contributed by atoms with Crippen molar-refractivity contribution in [2.75, 3.05) is 0 Å². The minimum absolute atomic E-state index is 0.102. The molecule has 1 aromatic heterocycles. The first-order valence-electron chi connectivity index (χ1n) is 8.76. The number of amides is 1. The van der Waals surface area contributed by atoms with Crippen molar-refractivity contribution >= 4 is 28.6 Å². The van der Waals surface area contributed by atoms with Gasteiger partial charge in [-0.15, -0.1) is 11.8 Å². The van der Waals surface area contributed by atoms with E-state index in [1.807, 2.05) is 6.07 Å². The number of para-hydroxylation sites is 1. The number of aromatic nitrogens is 2. The number of benzene rings is 2. The van der Waals surface area contributed by atoms with Crippen LogP contribution in [0.1, 0.15) is 32.2 Å². The van der Waals surface area contributed by atoms with Crippen LogP contribution in [0.3, 0.4) is 0 Å². The van der Waals surface area contributed by atoms with E-state index >= 15 is 0 Å². The second kappa shape index (κ2) is 7.56. The van der Waals surface area contributed by atoms with Gasteiger partial charge in [-0.25, -0.2) is 4.98 Å². The first-order valence-corrected chi connectivity index (χ1v) is 9.74. The highest BCUT2D eigenvalue weighted by Gasteiger charge is 2.15. The molecule has 140 valence electrons. The minimum Gasteiger partial charge on any atom is -0.368 e. The van der Waals surface area contributed by atoms with E-state index in [1.165, 1.54) is 10.1 Å². The van der Waals surface area contributed by atoms with Gasteiger partial charge in [0.05, 0.1) is 16.7 Å². The molecule has 0 fully saturated rings. The van der Waals surface area contributed by atoms with Gasteiger partial charge in [0.1, 0.15) is 12.4 Å².